The molecule has 1 unspecified atom stereocenters. The Morgan fingerprint density at radius 1 is 1.44 bits per heavy atom. The van der Waals surface area contributed by atoms with Crippen molar-refractivity contribution >= 4 is 5.78 Å². The Labute approximate surface area is 96.6 Å². The first-order chi connectivity index (χ1) is 7.76. The molecule has 0 radical (unpaired) electrons. The van der Waals surface area contributed by atoms with Crippen LogP contribution in [0.5, 0.6) is 5.75 Å². The summed E-state index contributed by atoms with van der Waals surface area (Å²) < 4.78 is 5.18. The summed E-state index contributed by atoms with van der Waals surface area (Å²) in [7, 11) is 1.66. The predicted molar refractivity (Wildman–Crippen MR) is 64.0 cm³/mol. The van der Waals surface area contributed by atoms with E-state index in [0.29, 0.717) is 5.78 Å². The summed E-state index contributed by atoms with van der Waals surface area (Å²) in [5.41, 5.74) is 2.06. The highest BCUT2D eigenvalue weighted by Gasteiger charge is 2.29. The van der Waals surface area contributed by atoms with E-state index in [1.165, 1.54) is 0 Å². The number of methoxy groups -OCH3 is 1. The van der Waals surface area contributed by atoms with E-state index in [1.54, 1.807) is 7.11 Å². The van der Waals surface area contributed by atoms with Crippen LogP contribution in [-0.2, 0) is 6.42 Å². The van der Waals surface area contributed by atoms with Gasteiger partial charge in [-0.15, -0.1) is 0 Å². The predicted octanol–water partition coefficient (Wildman–Crippen LogP) is 3.24. The maximum absolute atomic E-state index is 12.1. The van der Waals surface area contributed by atoms with Gasteiger partial charge >= 0.3 is 0 Å². The Bertz CT molecular complexity index is 396. The number of hydrogen-bond donors (Lipinski definition) is 0. The van der Waals surface area contributed by atoms with Gasteiger partial charge in [-0.25, -0.2) is 0 Å². The van der Waals surface area contributed by atoms with Crippen LogP contribution in [0.1, 0.15) is 42.1 Å². The maximum Gasteiger partial charge on any atom is 0.166 e. The molecule has 1 aromatic rings. The van der Waals surface area contributed by atoms with Gasteiger partial charge in [0.15, 0.2) is 5.78 Å². The summed E-state index contributed by atoms with van der Waals surface area (Å²) in [6, 6.07) is 5.78. The van der Waals surface area contributed by atoms with Gasteiger partial charge in [0.25, 0.3) is 0 Å². The molecule has 86 valence electrons. The average molecular weight is 218 g/mol. The van der Waals surface area contributed by atoms with Gasteiger partial charge in [-0.05, 0) is 36.6 Å². The summed E-state index contributed by atoms with van der Waals surface area (Å²) >= 11 is 0. The van der Waals surface area contributed by atoms with Crippen LogP contribution in [0.15, 0.2) is 18.2 Å². The van der Waals surface area contributed by atoms with Gasteiger partial charge in [0.2, 0.25) is 0 Å². The number of ether oxygens (including phenoxy) is 1. The van der Waals surface area contributed by atoms with Gasteiger partial charge in [-0.3, -0.25) is 4.79 Å². The number of carbonyl (C=O) groups is 1. The highest BCUT2D eigenvalue weighted by Crippen LogP contribution is 2.32. The molecule has 0 heterocycles. The second-order valence-corrected chi connectivity index (χ2v) is 4.43. The van der Waals surface area contributed by atoms with Crippen molar-refractivity contribution in [3.05, 3.63) is 29.3 Å². The smallest absolute Gasteiger partial charge is 0.166 e. The molecule has 0 amide bonds. The first kappa shape index (κ1) is 11.2. The van der Waals surface area contributed by atoms with Crippen LogP contribution in [0.25, 0.3) is 0 Å². The molecule has 0 saturated carbocycles. The van der Waals surface area contributed by atoms with E-state index in [9.17, 15) is 4.79 Å². The molecule has 0 fully saturated rings. The highest BCUT2D eigenvalue weighted by atomic mass is 16.5. The number of benzene rings is 1. The lowest BCUT2D eigenvalue weighted by molar-refractivity contribution is 0.0929. The van der Waals surface area contributed by atoms with Gasteiger partial charge in [0, 0.05) is 11.5 Å². The second kappa shape index (κ2) is 4.69. The number of hydrogen-bond acceptors (Lipinski definition) is 2. The van der Waals surface area contributed by atoms with Crippen LogP contribution in [0.3, 0.4) is 0 Å². The second-order valence-electron chi connectivity index (χ2n) is 4.43. The number of rotatable bonds is 4. The Morgan fingerprint density at radius 2 is 2.25 bits per heavy atom. The summed E-state index contributed by atoms with van der Waals surface area (Å²) in [4.78, 5) is 12.1. The van der Waals surface area contributed by atoms with Crippen LogP contribution >= 0.6 is 0 Å². The quantitative estimate of drug-likeness (QED) is 0.775. The molecule has 0 N–H and O–H groups in total. The van der Waals surface area contributed by atoms with Crippen molar-refractivity contribution in [2.75, 3.05) is 7.11 Å². The zero-order chi connectivity index (χ0) is 11.5. The molecule has 0 aliphatic heterocycles. The monoisotopic (exact) mass is 218 g/mol. The fraction of sp³-hybridized carbons (Fsp3) is 0.500. The third-order valence-electron chi connectivity index (χ3n) is 3.32. The topological polar surface area (TPSA) is 26.3 Å². The van der Waals surface area contributed by atoms with E-state index in [0.717, 1.165) is 42.6 Å². The molecular formula is C14H18O2. The van der Waals surface area contributed by atoms with Crippen molar-refractivity contribution in [2.45, 2.75) is 32.6 Å². The van der Waals surface area contributed by atoms with Crippen LogP contribution in [0.4, 0.5) is 0 Å². The summed E-state index contributed by atoms with van der Waals surface area (Å²) in [5.74, 6) is 1.39. The molecule has 1 aliphatic carbocycles. The standard InChI is InChI=1S/C14H18O2/c1-3-4-5-10-8-11-9-12(16-2)6-7-13(11)14(10)15/h6-7,9-10H,3-5,8H2,1-2H3. The van der Waals surface area contributed by atoms with Gasteiger partial charge in [-0.2, -0.15) is 0 Å². The van der Waals surface area contributed by atoms with E-state index < -0.39 is 0 Å². The molecule has 1 atom stereocenters. The fourth-order valence-corrected chi connectivity index (χ4v) is 2.37. The zero-order valence-electron chi connectivity index (χ0n) is 9.95. The van der Waals surface area contributed by atoms with Crippen molar-refractivity contribution in [2.24, 2.45) is 5.92 Å². The van der Waals surface area contributed by atoms with Gasteiger partial charge in [-0.1, -0.05) is 19.8 Å². The Hall–Kier alpha value is -1.31. The molecular weight excluding hydrogens is 200 g/mol. The largest absolute Gasteiger partial charge is 0.497 e. The first-order valence-corrected chi connectivity index (χ1v) is 5.97. The Morgan fingerprint density at radius 3 is 2.94 bits per heavy atom. The van der Waals surface area contributed by atoms with Crippen molar-refractivity contribution < 1.29 is 9.53 Å². The molecule has 0 saturated heterocycles. The fourth-order valence-electron chi connectivity index (χ4n) is 2.37. The van der Waals surface area contributed by atoms with Crippen LogP contribution in [0.2, 0.25) is 0 Å². The Kier molecular flexibility index (Phi) is 3.28. The lowest BCUT2D eigenvalue weighted by atomic mass is 9.98. The summed E-state index contributed by atoms with van der Waals surface area (Å²) in [5, 5.41) is 0. The summed E-state index contributed by atoms with van der Waals surface area (Å²) in [6.45, 7) is 2.16. The van der Waals surface area contributed by atoms with Gasteiger partial charge in [0.05, 0.1) is 7.11 Å². The van der Waals surface area contributed by atoms with E-state index >= 15 is 0 Å². The maximum atomic E-state index is 12.1. The number of ketones is 1. The molecule has 2 nitrogen and oxygen atoms in total. The van der Waals surface area contributed by atoms with Gasteiger partial charge in [0.1, 0.15) is 5.75 Å². The van der Waals surface area contributed by atoms with Crippen LogP contribution in [-0.4, -0.2) is 12.9 Å². The van der Waals surface area contributed by atoms with E-state index in [1.807, 2.05) is 18.2 Å². The molecule has 16 heavy (non-hydrogen) atoms. The lowest BCUT2D eigenvalue weighted by Gasteiger charge is -2.05. The Balaban J connectivity index is 2.17. The minimum atomic E-state index is 0.210. The molecule has 0 aromatic heterocycles. The zero-order valence-corrected chi connectivity index (χ0v) is 9.95. The SMILES string of the molecule is CCCCC1Cc2cc(OC)ccc2C1=O. The average Bonchev–Trinajstić information content (AvgIpc) is 2.63. The third kappa shape index (κ3) is 1.97. The molecule has 1 aliphatic rings. The summed E-state index contributed by atoms with van der Waals surface area (Å²) in [6.07, 6.45) is 4.21. The molecule has 1 aromatic carbocycles. The van der Waals surface area contributed by atoms with Crippen molar-refractivity contribution in [1.29, 1.82) is 0 Å². The molecule has 0 bridgehead atoms. The van der Waals surface area contributed by atoms with E-state index in [4.69, 9.17) is 4.74 Å². The van der Waals surface area contributed by atoms with Crippen molar-refractivity contribution in [1.82, 2.24) is 0 Å². The molecule has 2 rings (SSSR count). The van der Waals surface area contributed by atoms with Crippen LogP contribution < -0.4 is 4.74 Å². The number of fused-ring (bicyclic) bond motifs is 1. The van der Waals surface area contributed by atoms with Crippen molar-refractivity contribution in [3.63, 3.8) is 0 Å². The third-order valence-corrected chi connectivity index (χ3v) is 3.32. The van der Waals surface area contributed by atoms with E-state index in [2.05, 4.69) is 6.92 Å². The van der Waals surface area contributed by atoms with E-state index in [-0.39, 0.29) is 5.92 Å². The number of unbranched alkanes of at least 4 members (excludes halogenated alkanes) is 1. The minimum absolute atomic E-state index is 0.210. The normalized spacial score (nSPS) is 18.6. The lowest BCUT2D eigenvalue weighted by Crippen LogP contribution is -2.08. The minimum Gasteiger partial charge on any atom is -0.497 e. The first-order valence-electron chi connectivity index (χ1n) is 5.97. The number of carbonyl (C=O) groups excluding carboxylic acids is 1. The van der Waals surface area contributed by atoms with Crippen LogP contribution in [0, 0.1) is 5.92 Å². The number of Topliss-reactive ketones (excluding diaryl/α,β-unsaturated/α-hetero) is 1. The van der Waals surface area contributed by atoms with Gasteiger partial charge < -0.3 is 4.74 Å². The molecule has 0 spiro atoms. The molecule has 2 heteroatoms. The highest BCUT2D eigenvalue weighted by molar-refractivity contribution is 6.02. The van der Waals surface area contributed by atoms with Crippen molar-refractivity contribution in [3.8, 4) is 5.75 Å².